The van der Waals surface area contributed by atoms with Crippen LogP contribution in [0.5, 0.6) is 0 Å². The monoisotopic (exact) mass is 201 g/mol. The Bertz CT molecular complexity index is 525. The first-order valence-corrected chi connectivity index (χ1v) is 4.77. The lowest BCUT2D eigenvalue weighted by atomic mass is 10.1. The number of carbonyl (C=O) groups is 2. The highest BCUT2D eigenvalue weighted by molar-refractivity contribution is 5.93. The molecular formula is C12H11NO2. The SMILES string of the molecule is CC(=O)n1ccc2c(CC=O)cccc21. The smallest absolute Gasteiger partial charge is 0.227 e. The van der Waals surface area contributed by atoms with Gasteiger partial charge in [0.15, 0.2) is 0 Å². The van der Waals surface area contributed by atoms with E-state index in [0.717, 1.165) is 22.8 Å². The van der Waals surface area contributed by atoms with E-state index in [1.54, 1.807) is 10.8 Å². The van der Waals surface area contributed by atoms with Crippen molar-refractivity contribution in [3.63, 3.8) is 0 Å². The summed E-state index contributed by atoms with van der Waals surface area (Å²) in [6, 6.07) is 7.52. The van der Waals surface area contributed by atoms with Crippen molar-refractivity contribution in [2.24, 2.45) is 0 Å². The molecule has 0 N–H and O–H groups in total. The number of benzene rings is 1. The van der Waals surface area contributed by atoms with E-state index in [2.05, 4.69) is 0 Å². The summed E-state index contributed by atoms with van der Waals surface area (Å²) < 4.78 is 1.59. The van der Waals surface area contributed by atoms with Crippen LogP contribution in [0.1, 0.15) is 17.3 Å². The second-order valence-corrected chi connectivity index (χ2v) is 3.43. The minimum absolute atomic E-state index is 0.0201. The molecule has 0 amide bonds. The van der Waals surface area contributed by atoms with E-state index in [1.807, 2.05) is 24.3 Å². The van der Waals surface area contributed by atoms with Crippen molar-refractivity contribution in [3.05, 3.63) is 36.0 Å². The fourth-order valence-electron chi connectivity index (χ4n) is 1.77. The van der Waals surface area contributed by atoms with Gasteiger partial charge in [-0.2, -0.15) is 0 Å². The number of nitrogens with zero attached hydrogens (tertiary/aromatic N) is 1. The molecule has 0 fully saturated rings. The number of fused-ring (bicyclic) bond motifs is 1. The molecule has 15 heavy (non-hydrogen) atoms. The van der Waals surface area contributed by atoms with Crippen molar-refractivity contribution < 1.29 is 9.59 Å². The van der Waals surface area contributed by atoms with Gasteiger partial charge < -0.3 is 4.79 Å². The Labute approximate surface area is 87.3 Å². The molecule has 0 spiro atoms. The Hall–Kier alpha value is -1.90. The van der Waals surface area contributed by atoms with Gasteiger partial charge in [-0.15, -0.1) is 0 Å². The van der Waals surface area contributed by atoms with Gasteiger partial charge in [0.05, 0.1) is 5.52 Å². The normalized spacial score (nSPS) is 10.5. The van der Waals surface area contributed by atoms with Crippen LogP contribution >= 0.6 is 0 Å². The van der Waals surface area contributed by atoms with Gasteiger partial charge in [-0.1, -0.05) is 12.1 Å². The van der Waals surface area contributed by atoms with Crippen molar-refractivity contribution in [1.29, 1.82) is 0 Å². The summed E-state index contributed by atoms with van der Waals surface area (Å²) in [5.74, 6) is -0.0201. The summed E-state index contributed by atoms with van der Waals surface area (Å²) in [5.41, 5.74) is 1.82. The molecule has 76 valence electrons. The van der Waals surface area contributed by atoms with Crippen LogP contribution in [0.4, 0.5) is 0 Å². The van der Waals surface area contributed by atoms with Gasteiger partial charge in [0, 0.05) is 24.9 Å². The minimum atomic E-state index is -0.0201. The van der Waals surface area contributed by atoms with Crippen LogP contribution in [0.15, 0.2) is 30.5 Å². The van der Waals surface area contributed by atoms with Gasteiger partial charge in [0.1, 0.15) is 6.29 Å². The first kappa shape index (κ1) is 9.65. The third-order valence-corrected chi connectivity index (χ3v) is 2.47. The van der Waals surface area contributed by atoms with Crippen LogP contribution in [0.3, 0.4) is 0 Å². The van der Waals surface area contributed by atoms with Crippen LogP contribution in [-0.2, 0) is 11.2 Å². The Morgan fingerprint density at radius 1 is 1.40 bits per heavy atom. The van der Waals surface area contributed by atoms with Crippen LogP contribution in [0, 0.1) is 0 Å². The molecule has 0 atom stereocenters. The van der Waals surface area contributed by atoms with Gasteiger partial charge in [-0.25, -0.2) is 0 Å². The molecular weight excluding hydrogens is 190 g/mol. The van der Waals surface area contributed by atoms with E-state index in [-0.39, 0.29) is 5.91 Å². The molecule has 0 aliphatic heterocycles. The molecule has 0 unspecified atom stereocenters. The summed E-state index contributed by atoms with van der Waals surface area (Å²) in [6.45, 7) is 1.52. The van der Waals surface area contributed by atoms with E-state index in [1.165, 1.54) is 6.92 Å². The highest BCUT2D eigenvalue weighted by Gasteiger charge is 2.06. The summed E-state index contributed by atoms with van der Waals surface area (Å²) in [7, 11) is 0. The molecule has 0 radical (unpaired) electrons. The Morgan fingerprint density at radius 2 is 2.20 bits per heavy atom. The zero-order valence-corrected chi connectivity index (χ0v) is 8.43. The molecule has 0 aliphatic carbocycles. The molecule has 0 saturated carbocycles. The summed E-state index contributed by atoms with van der Waals surface area (Å²) in [5, 5.41) is 0.972. The summed E-state index contributed by atoms with van der Waals surface area (Å²) in [4.78, 5) is 21.8. The molecule has 2 rings (SSSR count). The van der Waals surface area contributed by atoms with Crippen molar-refractivity contribution in [2.45, 2.75) is 13.3 Å². The van der Waals surface area contributed by atoms with Crippen LogP contribution < -0.4 is 0 Å². The van der Waals surface area contributed by atoms with E-state index < -0.39 is 0 Å². The predicted octanol–water partition coefficient (Wildman–Crippen LogP) is 2.04. The molecule has 2 aromatic rings. The molecule has 3 nitrogen and oxygen atoms in total. The predicted molar refractivity (Wildman–Crippen MR) is 58.0 cm³/mol. The highest BCUT2D eigenvalue weighted by Crippen LogP contribution is 2.20. The Kier molecular flexibility index (Phi) is 2.37. The molecule has 1 aromatic heterocycles. The van der Waals surface area contributed by atoms with Crippen LogP contribution in [0.25, 0.3) is 10.9 Å². The number of aldehydes is 1. The molecule has 1 heterocycles. The summed E-state index contributed by atoms with van der Waals surface area (Å²) >= 11 is 0. The summed E-state index contributed by atoms with van der Waals surface area (Å²) in [6.07, 6.45) is 3.00. The topological polar surface area (TPSA) is 39.1 Å². The van der Waals surface area contributed by atoms with Gasteiger partial charge in [-0.05, 0) is 17.7 Å². The number of hydrogen-bond acceptors (Lipinski definition) is 2. The van der Waals surface area contributed by atoms with Crippen molar-refractivity contribution >= 4 is 23.1 Å². The molecule has 3 heteroatoms. The van der Waals surface area contributed by atoms with E-state index in [4.69, 9.17) is 0 Å². The minimum Gasteiger partial charge on any atom is -0.303 e. The maximum atomic E-state index is 11.3. The number of aromatic nitrogens is 1. The number of carbonyl (C=O) groups excluding carboxylic acids is 2. The standard InChI is InChI=1S/C12H11NO2/c1-9(15)13-7-5-11-10(6-8-14)3-2-4-12(11)13/h2-5,7-8H,6H2,1H3. The molecule has 0 saturated heterocycles. The third-order valence-electron chi connectivity index (χ3n) is 2.47. The first-order chi connectivity index (χ1) is 7.24. The van der Waals surface area contributed by atoms with E-state index in [0.29, 0.717) is 6.42 Å². The fourth-order valence-corrected chi connectivity index (χ4v) is 1.77. The number of hydrogen-bond donors (Lipinski definition) is 0. The van der Waals surface area contributed by atoms with Crippen LogP contribution in [-0.4, -0.2) is 16.8 Å². The van der Waals surface area contributed by atoms with Crippen molar-refractivity contribution in [3.8, 4) is 0 Å². The molecule has 0 aliphatic rings. The van der Waals surface area contributed by atoms with Gasteiger partial charge in [0.2, 0.25) is 5.91 Å². The lowest BCUT2D eigenvalue weighted by Crippen LogP contribution is -2.02. The van der Waals surface area contributed by atoms with E-state index in [9.17, 15) is 9.59 Å². The third kappa shape index (κ3) is 1.56. The maximum Gasteiger partial charge on any atom is 0.227 e. The Morgan fingerprint density at radius 3 is 2.87 bits per heavy atom. The molecule has 1 aromatic carbocycles. The van der Waals surface area contributed by atoms with Gasteiger partial charge >= 0.3 is 0 Å². The lowest BCUT2D eigenvalue weighted by molar-refractivity contribution is -0.107. The van der Waals surface area contributed by atoms with Gasteiger partial charge in [-0.3, -0.25) is 9.36 Å². The average Bonchev–Trinajstić information content (AvgIpc) is 2.62. The average molecular weight is 201 g/mol. The van der Waals surface area contributed by atoms with Crippen molar-refractivity contribution in [2.75, 3.05) is 0 Å². The first-order valence-electron chi connectivity index (χ1n) is 4.77. The highest BCUT2D eigenvalue weighted by atomic mass is 16.1. The second kappa shape index (κ2) is 3.69. The molecule has 0 bridgehead atoms. The van der Waals surface area contributed by atoms with Gasteiger partial charge in [0.25, 0.3) is 0 Å². The van der Waals surface area contributed by atoms with Crippen molar-refractivity contribution in [1.82, 2.24) is 4.57 Å². The lowest BCUT2D eigenvalue weighted by Gasteiger charge is -2.01. The Balaban J connectivity index is 2.68. The zero-order valence-electron chi connectivity index (χ0n) is 8.43. The number of rotatable bonds is 2. The zero-order chi connectivity index (χ0) is 10.8. The fraction of sp³-hybridized carbons (Fsp3) is 0.167. The van der Waals surface area contributed by atoms with E-state index >= 15 is 0 Å². The van der Waals surface area contributed by atoms with Crippen LogP contribution in [0.2, 0.25) is 0 Å². The second-order valence-electron chi connectivity index (χ2n) is 3.43. The maximum absolute atomic E-state index is 11.3. The quantitative estimate of drug-likeness (QED) is 0.697. The largest absolute Gasteiger partial charge is 0.303 e.